The molecule has 2 nitrogen and oxygen atoms in total. The number of likely N-dealkylation sites (N-methyl/N-ethyl adjacent to an activating group) is 1. The minimum atomic E-state index is 0.450. The number of nitrogens with one attached hydrogen (secondary N) is 1. The van der Waals surface area contributed by atoms with Crippen LogP contribution in [0.25, 0.3) is 0 Å². The van der Waals surface area contributed by atoms with E-state index in [1.165, 1.54) is 23.2 Å². The van der Waals surface area contributed by atoms with Gasteiger partial charge in [0.2, 0.25) is 0 Å². The average molecular weight is 190 g/mol. The van der Waals surface area contributed by atoms with E-state index in [-0.39, 0.29) is 0 Å². The van der Waals surface area contributed by atoms with Crippen molar-refractivity contribution in [1.82, 2.24) is 5.32 Å². The predicted molar refractivity (Wildman–Crippen MR) is 60.9 cm³/mol. The van der Waals surface area contributed by atoms with Gasteiger partial charge in [-0.1, -0.05) is 12.1 Å². The summed E-state index contributed by atoms with van der Waals surface area (Å²) in [5.41, 5.74) is 4.28. The van der Waals surface area contributed by atoms with E-state index >= 15 is 0 Å². The van der Waals surface area contributed by atoms with Gasteiger partial charge in [0.25, 0.3) is 0 Å². The van der Waals surface area contributed by atoms with Crippen molar-refractivity contribution in [3.8, 4) is 0 Å². The molecule has 0 aromatic heterocycles. The molecule has 1 atom stereocenters. The van der Waals surface area contributed by atoms with E-state index in [9.17, 15) is 0 Å². The highest BCUT2D eigenvalue weighted by molar-refractivity contribution is 5.58. The van der Waals surface area contributed by atoms with Crippen LogP contribution < -0.4 is 10.2 Å². The van der Waals surface area contributed by atoms with Gasteiger partial charge in [-0.15, -0.1) is 0 Å². The second-order valence-corrected chi connectivity index (χ2v) is 4.07. The zero-order chi connectivity index (χ0) is 10.1. The van der Waals surface area contributed by atoms with Crippen molar-refractivity contribution in [3.05, 3.63) is 29.3 Å². The minimum absolute atomic E-state index is 0.450. The molecule has 76 valence electrons. The van der Waals surface area contributed by atoms with E-state index in [2.05, 4.69) is 42.4 Å². The van der Waals surface area contributed by atoms with Crippen LogP contribution >= 0.6 is 0 Å². The summed E-state index contributed by atoms with van der Waals surface area (Å²) >= 11 is 0. The lowest BCUT2D eigenvalue weighted by molar-refractivity contribution is 0.652. The maximum atomic E-state index is 3.27. The maximum Gasteiger partial charge on any atom is 0.0397 e. The molecule has 2 heteroatoms. The average Bonchev–Trinajstić information content (AvgIpc) is 2.59. The zero-order valence-corrected chi connectivity index (χ0v) is 9.17. The monoisotopic (exact) mass is 190 g/mol. The minimum Gasteiger partial charge on any atom is -0.374 e. The van der Waals surface area contributed by atoms with Gasteiger partial charge in [0.1, 0.15) is 0 Å². The first-order valence-corrected chi connectivity index (χ1v) is 5.23. The Morgan fingerprint density at radius 2 is 2.21 bits per heavy atom. The number of rotatable bonds is 2. The third-order valence-corrected chi connectivity index (χ3v) is 3.16. The summed E-state index contributed by atoms with van der Waals surface area (Å²) in [4.78, 5) is 2.32. The molecule has 0 amide bonds. The largest absolute Gasteiger partial charge is 0.374 e. The van der Waals surface area contributed by atoms with Crippen molar-refractivity contribution >= 4 is 5.69 Å². The lowest BCUT2D eigenvalue weighted by atomic mass is 10.0. The lowest BCUT2D eigenvalue weighted by Crippen LogP contribution is -2.13. The number of hydrogen-bond donors (Lipinski definition) is 1. The van der Waals surface area contributed by atoms with Gasteiger partial charge < -0.3 is 10.2 Å². The molecule has 1 aromatic rings. The van der Waals surface area contributed by atoms with E-state index in [0.29, 0.717) is 6.04 Å². The molecule has 0 spiro atoms. The van der Waals surface area contributed by atoms with E-state index in [4.69, 9.17) is 0 Å². The van der Waals surface area contributed by atoms with Crippen LogP contribution in [0.5, 0.6) is 0 Å². The molecule has 14 heavy (non-hydrogen) atoms. The highest BCUT2D eigenvalue weighted by Crippen LogP contribution is 2.28. The molecular formula is C12H18N2. The van der Waals surface area contributed by atoms with Crippen LogP contribution in [0, 0.1) is 0 Å². The van der Waals surface area contributed by atoms with Gasteiger partial charge in [0, 0.05) is 25.3 Å². The fourth-order valence-electron chi connectivity index (χ4n) is 2.02. The standard InChI is InChI=1S/C12H18N2/c1-9(13-2)10-4-5-12-11(8-10)6-7-14(12)3/h4-5,8-9,13H,6-7H2,1-3H3. The van der Waals surface area contributed by atoms with Crippen molar-refractivity contribution < 1.29 is 0 Å². The number of fused-ring (bicyclic) bond motifs is 1. The van der Waals surface area contributed by atoms with Gasteiger partial charge in [-0.3, -0.25) is 0 Å². The van der Waals surface area contributed by atoms with Crippen LogP contribution in [-0.2, 0) is 6.42 Å². The molecular weight excluding hydrogens is 172 g/mol. The van der Waals surface area contributed by atoms with Crippen LogP contribution in [0.3, 0.4) is 0 Å². The van der Waals surface area contributed by atoms with E-state index < -0.39 is 0 Å². The fraction of sp³-hybridized carbons (Fsp3) is 0.500. The van der Waals surface area contributed by atoms with Crippen molar-refractivity contribution in [1.29, 1.82) is 0 Å². The molecule has 2 rings (SSSR count). The maximum absolute atomic E-state index is 3.27. The predicted octanol–water partition coefficient (Wildman–Crippen LogP) is 1.96. The van der Waals surface area contributed by atoms with E-state index in [1.807, 2.05) is 7.05 Å². The third-order valence-electron chi connectivity index (χ3n) is 3.16. The molecule has 0 radical (unpaired) electrons. The Balaban J connectivity index is 2.32. The fourth-order valence-corrected chi connectivity index (χ4v) is 2.02. The molecule has 1 aliphatic heterocycles. The Kier molecular flexibility index (Phi) is 2.46. The zero-order valence-electron chi connectivity index (χ0n) is 9.17. The number of benzene rings is 1. The first-order valence-electron chi connectivity index (χ1n) is 5.23. The summed E-state index contributed by atoms with van der Waals surface area (Å²) in [5, 5.41) is 3.27. The highest BCUT2D eigenvalue weighted by Gasteiger charge is 2.16. The summed E-state index contributed by atoms with van der Waals surface area (Å²) in [7, 11) is 4.16. The molecule has 0 saturated heterocycles. The molecule has 0 fully saturated rings. The Labute approximate surface area is 85.9 Å². The Bertz CT molecular complexity index is 333. The molecule has 0 bridgehead atoms. The van der Waals surface area contributed by atoms with Crippen molar-refractivity contribution in [2.24, 2.45) is 0 Å². The summed E-state index contributed by atoms with van der Waals surface area (Å²) in [6, 6.07) is 7.25. The quantitative estimate of drug-likeness (QED) is 0.767. The normalized spacial score (nSPS) is 16.9. The van der Waals surface area contributed by atoms with Crippen LogP contribution in [-0.4, -0.2) is 20.6 Å². The summed E-state index contributed by atoms with van der Waals surface area (Å²) in [6.07, 6.45) is 1.19. The molecule has 0 aliphatic carbocycles. The summed E-state index contributed by atoms with van der Waals surface area (Å²) < 4.78 is 0. The molecule has 1 aromatic carbocycles. The molecule has 1 aliphatic rings. The number of nitrogens with zero attached hydrogens (tertiary/aromatic N) is 1. The van der Waals surface area contributed by atoms with Crippen LogP contribution in [0.2, 0.25) is 0 Å². The summed E-state index contributed by atoms with van der Waals surface area (Å²) in [5.74, 6) is 0. The Morgan fingerprint density at radius 3 is 2.93 bits per heavy atom. The SMILES string of the molecule is CNC(C)c1ccc2c(c1)CCN2C. The van der Waals surface area contributed by atoms with Crippen LogP contribution in [0.1, 0.15) is 24.1 Å². The van der Waals surface area contributed by atoms with E-state index in [1.54, 1.807) is 0 Å². The smallest absolute Gasteiger partial charge is 0.0397 e. The first-order chi connectivity index (χ1) is 6.72. The second kappa shape index (κ2) is 3.62. The van der Waals surface area contributed by atoms with Gasteiger partial charge in [-0.05, 0) is 37.6 Å². The molecule has 1 heterocycles. The molecule has 1 unspecified atom stereocenters. The van der Waals surface area contributed by atoms with Crippen LogP contribution in [0.4, 0.5) is 5.69 Å². The van der Waals surface area contributed by atoms with Crippen molar-refractivity contribution in [3.63, 3.8) is 0 Å². The Hall–Kier alpha value is -1.02. The highest BCUT2D eigenvalue weighted by atomic mass is 15.1. The van der Waals surface area contributed by atoms with Gasteiger partial charge in [-0.25, -0.2) is 0 Å². The molecule has 1 N–H and O–H groups in total. The molecule has 0 saturated carbocycles. The van der Waals surface area contributed by atoms with Gasteiger partial charge >= 0.3 is 0 Å². The van der Waals surface area contributed by atoms with Gasteiger partial charge in [0.15, 0.2) is 0 Å². The number of anilines is 1. The summed E-state index contributed by atoms with van der Waals surface area (Å²) in [6.45, 7) is 3.35. The second-order valence-electron chi connectivity index (χ2n) is 4.07. The topological polar surface area (TPSA) is 15.3 Å². The van der Waals surface area contributed by atoms with Crippen molar-refractivity contribution in [2.75, 3.05) is 25.5 Å². The lowest BCUT2D eigenvalue weighted by Gasteiger charge is -2.14. The van der Waals surface area contributed by atoms with E-state index in [0.717, 1.165) is 6.54 Å². The number of hydrogen-bond acceptors (Lipinski definition) is 2. The van der Waals surface area contributed by atoms with Gasteiger partial charge in [-0.2, -0.15) is 0 Å². The first kappa shape index (κ1) is 9.53. The third kappa shape index (κ3) is 1.50. The van der Waals surface area contributed by atoms with Crippen LogP contribution in [0.15, 0.2) is 18.2 Å². The Morgan fingerprint density at radius 1 is 1.43 bits per heavy atom. The van der Waals surface area contributed by atoms with Gasteiger partial charge in [0.05, 0.1) is 0 Å². The van der Waals surface area contributed by atoms with Crippen molar-refractivity contribution in [2.45, 2.75) is 19.4 Å².